The molecule has 0 fully saturated rings. The van der Waals surface area contributed by atoms with Crippen molar-refractivity contribution in [2.75, 3.05) is 0 Å². The largest absolute Gasteiger partial charge is 0.327 e. The molecule has 0 aliphatic rings. The molecule has 0 aliphatic heterocycles. The minimum atomic E-state index is -0.169. The van der Waals surface area contributed by atoms with Crippen LogP contribution in [0.2, 0.25) is 0 Å². The van der Waals surface area contributed by atoms with Crippen molar-refractivity contribution in [2.24, 2.45) is 17.1 Å². The maximum Gasteiger partial charge on any atom is 0.126 e. The van der Waals surface area contributed by atoms with E-state index in [1.54, 1.807) is 6.07 Å². The maximum atomic E-state index is 13.6. The minimum Gasteiger partial charge on any atom is -0.327 e. The van der Waals surface area contributed by atoms with Gasteiger partial charge < -0.3 is 5.73 Å². The number of benzene rings is 1. The van der Waals surface area contributed by atoms with Gasteiger partial charge in [-0.3, -0.25) is 0 Å². The van der Waals surface area contributed by atoms with Crippen LogP contribution in [0, 0.1) is 17.2 Å². The molecule has 1 aromatic carbocycles. The fraction of sp³-hybridized carbons (Fsp3) is 0.600. The Bertz CT molecular complexity index is 398. The van der Waals surface area contributed by atoms with Gasteiger partial charge in [-0.2, -0.15) is 0 Å². The molecule has 1 nitrogen and oxygen atoms in total. The highest BCUT2D eigenvalue weighted by Gasteiger charge is 2.22. The summed E-state index contributed by atoms with van der Waals surface area (Å²) in [5, 5.41) is 0. The van der Waals surface area contributed by atoms with Gasteiger partial charge in [-0.05, 0) is 47.9 Å². The number of nitrogens with two attached hydrogens (primary N) is 1. The van der Waals surface area contributed by atoms with Crippen molar-refractivity contribution in [1.82, 2.24) is 0 Å². The number of hydrogen-bond donors (Lipinski definition) is 1. The average molecular weight is 316 g/mol. The van der Waals surface area contributed by atoms with Gasteiger partial charge in [0.25, 0.3) is 0 Å². The Morgan fingerprint density at radius 3 is 2.50 bits per heavy atom. The monoisotopic (exact) mass is 315 g/mol. The van der Waals surface area contributed by atoms with Crippen molar-refractivity contribution in [3.63, 3.8) is 0 Å². The summed E-state index contributed by atoms with van der Waals surface area (Å²) in [7, 11) is 0. The Balaban J connectivity index is 2.65. The molecule has 0 saturated carbocycles. The number of hydrogen-bond acceptors (Lipinski definition) is 1. The van der Waals surface area contributed by atoms with E-state index in [1.807, 2.05) is 6.07 Å². The first kappa shape index (κ1) is 15.6. The summed E-state index contributed by atoms with van der Waals surface area (Å²) in [5.41, 5.74) is 7.08. The quantitative estimate of drug-likeness (QED) is 0.868. The predicted molar refractivity (Wildman–Crippen MR) is 79.0 cm³/mol. The third-order valence-corrected chi connectivity index (χ3v) is 4.12. The highest BCUT2D eigenvalue weighted by molar-refractivity contribution is 9.10. The molecule has 0 aromatic heterocycles. The van der Waals surface area contributed by atoms with E-state index in [1.165, 1.54) is 6.07 Å². The molecule has 0 saturated heterocycles. The molecule has 0 amide bonds. The van der Waals surface area contributed by atoms with Gasteiger partial charge in [0.1, 0.15) is 5.82 Å². The van der Waals surface area contributed by atoms with E-state index in [2.05, 4.69) is 43.6 Å². The third kappa shape index (κ3) is 4.69. The van der Waals surface area contributed by atoms with Gasteiger partial charge >= 0.3 is 0 Å². The second-order valence-corrected chi connectivity index (χ2v) is 7.12. The van der Waals surface area contributed by atoms with Crippen LogP contribution in [-0.2, 0) is 6.42 Å². The molecule has 2 atom stereocenters. The molecule has 18 heavy (non-hydrogen) atoms. The molecular formula is C15H23BrFN. The lowest BCUT2D eigenvalue weighted by molar-refractivity contribution is 0.232. The lowest BCUT2D eigenvalue weighted by atomic mass is 9.78. The number of rotatable bonds is 4. The summed E-state index contributed by atoms with van der Waals surface area (Å²) in [4.78, 5) is 0. The summed E-state index contributed by atoms with van der Waals surface area (Å²) >= 11 is 3.36. The van der Waals surface area contributed by atoms with Crippen LogP contribution < -0.4 is 5.73 Å². The lowest BCUT2D eigenvalue weighted by Crippen LogP contribution is -2.30. The topological polar surface area (TPSA) is 26.0 Å². The van der Waals surface area contributed by atoms with E-state index >= 15 is 0 Å². The molecule has 0 heterocycles. The highest BCUT2D eigenvalue weighted by atomic mass is 79.9. The third-order valence-electron chi connectivity index (χ3n) is 3.62. The van der Waals surface area contributed by atoms with Crippen molar-refractivity contribution < 1.29 is 4.39 Å². The van der Waals surface area contributed by atoms with E-state index in [0.29, 0.717) is 17.9 Å². The van der Waals surface area contributed by atoms with Gasteiger partial charge in [-0.1, -0.05) is 43.6 Å². The zero-order chi connectivity index (χ0) is 13.9. The zero-order valence-electron chi connectivity index (χ0n) is 11.6. The van der Waals surface area contributed by atoms with E-state index in [9.17, 15) is 4.39 Å². The first-order valence-corrected chi connectivity index (χ1v) is 7.19. The second-order valence-electron chi connectivity index (χ2n) is 6.20. The van der Waals surface area contributed by atoms with Crippen LogP contribution in [0.15, 0.2) is 22.7 Å². The van der Waals surface area contributed by atoms with Crippen molar-refractivity contribution in [2.45, 2.75) is 46.6 Å². The normalized spacial score (nSPS) is 15.5. The Labute approximate surface area is 118 Å². The molecule has 2 unspecified atom stereocenters. The van der Waals surface area contributed by atoms with Gasteiger partial charge in [0.15, 0.2) is 0 Å². The molecule has 102 valence electrons. The first-order valence-electron chi connectivity index (χ1n) is 6.39. The molecule has 0 aliphatic carbocycles. The van der Waals surface area contributed by atoms with Gasteiger partial charge in [-0.15, -0.1) is 0 Å². The zero-order valence-corrected chi connectivity index (χ0v) is 13.2. The van der Waals surface area contributed by atoms with E-state index in [-0.39, 0.29) is 17.3 Å². The predicted octanol–water partition coefficient (Wildman–Crippen LogP) is 4.53. The summed E-state index contributed by atoms with van der Waals surface area (Å²) < 4.78 is 14.5. The van der Waals surface area contributed by atoms with E-state index < -0.39 is 0 Å². The summed E-state index contributed by atoms with van der Waals surface area (Å²) in [6.07, 6.45) is 1.50. The molecule has 1 rings (SSSR count). The standard InChI is InChI=1S/C15H23BrFN/c1-10(15(2,3)4)7-13(18)9-11-8-12(16)5-6-14(11)17/h5-6,8,10,13H,7,9,18H2,1-4H3. The maximum absolute atomic E-state index is 13.6. The van der Waals surface area contributed by atoms with E-state index in [4.69, 9.17) is 5.73 Å². The van der Waals surface area contributed by atoms with Crippen LogP contribution >= 0.6 is 15.9 Å². The van der Waals surface area contributed by atoms with Crippen molar-refractivity contribution in [3.8, 4) is 0 Å². The van der Waals surface area contributed by atoms with Gasteiger partial charge in [0, 0.05) is 10.5 Å². The van der Waals surface area contributed by atoms with Crippen LogP contribution in [0.25, 0.3) is 0 Å². The van der Waals surface area contributed by atoms with E-state index in [0.717, 1.165) is 10.9 Å². The van der Waals surface area contributed by atoms with Crippen LogP contribution in [-0.4, -0.2) is 6.04 Å². The fourth-order valence-electron chi connectivity index (χ4n) is 1.87. The Morgan fingerprint density at radius 2 is 1.94 bits per heavy atom. The minimum absolute atomic E-state index is 0.00280. The molecular weight excluding hydrogens is 293 g/mol. The van der Waals surface area contributed by atoms with Crippen LogP contribution in [0.5, 0.6) is 0 Å². The fourth-order valence-corrected chi connectivity index (χ4v) is 2.28. The summed E-state index contributed by atoms with van der Waals surface area (Å²) in [6, 6.07) is 5.02. The Kier molecular flexibility index (Phi) is 5.35. The highest BCUT2D eigenvalue weighted by Crippen LogP contribution is 2.29. The average Bonchev–Trinajstić information content (AvgIpc) is 2.22. The Hall–Kier alpha value is -0.410. The number of halogens is 2. The smallest absolute Gasteiger partial charge is 0.126 e. The molecule has 0 spiro atoms. The van der Waals surface area contributed by atoms with Crippen LogP contribution in [0.4, 0.5) is 4.39 Å². The summed E-state index contributed by atoms with van der Waals surface area (Å²) in [5.74, 6) is 0.347. The van der Waals surface area contributed by atoms with Crippen molar-refractivity contribution in [1.29, 1.82) is 0 Å². The van der Waals surface area contributed by atoms with Crippen LogP contribution in [0.3, 0.4) is 0 Å². The molecule has 2 N–H and O–H groups in total. The molecule has 1 aromatic rings. The van der Waals surface area contributed by atoms with Crippen molar-refractivity contribution >= 4 is 15.9 Å². The summed E-state index contributed by atoms with van der Waals surface area (Å²) in [6.45, 7) is 8.84. The Morgan fingerprint density at radius 1 is 1.33 bits per heavy atom. The van der Waals surface area contributed by atoms with Crippen molar-refractivity contribution in [3.05, 3.63) is 34.1 Å². The van der Waals surface area contributed by atoms with Gasteiger partial charge in [-0.25, -0.2) is 4.39 Å². The lowest BCUT2D eigenvalue weighted by Gasteiger charge is -2.29. The SMILES string of the molecule is CC(CC(N)Cc1cc(Br)ccc1F)C(C)(C)C. The first-order chi connectivity index (χ1) is 8.20. The van der Waals surface area contributed by atoms with Gasteiger partial charge in [0.05, 0.1) is 0 Å². The second kappa shape index (κ2) is 6.16. The molecule has 0 radical (unpaired) electrons. The van der Waals surface area contributed by atoms with Crippen LogP contribution in [0.1, 0.15) is 39.7 Å². The van der Waals surface area contributed by atoms with Gasteiger partial charge in [0.2, 0.25) is 0 Å². The molecule has 0 bridgehead atoms. The molecule has 3 heteroatoms.